The maximum atomic E-state index is 6.34. The number of likely N-dealkylation sites (N-methyl/N-ethyl adjacent to an activating group) is 1. The number of hydrogen-bond acceptors (Lipinski definition) is 2. The molecule has 1 fully saturated rings. The summed E-state index contributed by atoms with van der Waals surface area (Å²) in [6.45, 7) is 1.80. The number of fused-ring (bicyclic) bond motifs is 2. The van der Waals surface area contributed by atoms with E-state index in [1.165, 1.54) is 16.5 Å². The molecule has 4 heteroatoms. The molecule has 1 aliphatic heterocycles. The first-order chi connectivity index (χ1) is 8.75. The predicted octanol–water partition coefficient (Wildman–Crippen LogP) is 2.75. The SMILES string of the molecule is CN1CCO[C@@H]2c3cccc4[nH]c(Cl)c(c34)C[C@H]21. The monoisotopic (exact) mass is 262 g/mol. The van der Waals surface area contributed by atoms with E-state index >= 15 is 0 Å². The summed E-state index contributed by atoms with van der Waals surface area (Å²) in [5.74, 6) is 0. The second-order valence-corrected chi connectivity index (χ2v) is 5.61. The normalized spacial score (nSPS) is 27.4. The third kappa shape index (κ3) is 1.32. The number of rotatable bonds is 0. The molecular weight excluding hydrogens is 248 g/mol. The third-order valence-corrected chi connectivity index (χ3v) is 4.61. The Balaban J connectivity index is 1.98. The number of aromatic nitrogens is 1. The Kier molecular flexibility index (Phi) is 2.25. The second-order valence-electron chi connectivity index (χ2n) is 5.23. The summed E-state index contributed by atoms with van der Waals surface area (Å²) in [5.41, 5.74) is 3.66. The number of benzene rings is 1. The number of aromatic amines is 1. The zero-order valence-corrected chi connectivity index (χ0v) is 11.0. The van der Waals surface area contributed by atoms with Crippen LogP contribution in [0.25, 0.3) is 10.9 Å². The number of hydrogen-bond donors (Lipinski definition) is 1. The van der Waals surface area contributed by atoms with Gasteiger partial charge in [0.2, 0.25) is 0 Å². The molecule has 2 heterocycles. The van der Waals surface area contributed by atoms with E-state index in [0.717, 1.165) is 30.2 Å². The van der Waals surface area contributed by atoms with E-state index in [9.17, 15) is 0 Å². The Bertz CT molecular complexity index is 622. The van der Waals surface area contributed by atoms with Gasteiger partial charge in [-0.2, -0.15) is 0 Å². The highest BCUT2D eigenvalue weighted by Crippen LogP contribution is 2.43. The first kappa shape index (κ1) is 10.9. The maximum Gasteiger partial charge on any atom is 0.110 e. The van der Waals surface area contributed by atoms with Crippen LogP contribution in [0.2, 0.25) is 5.15 Å². The van der Waals surface area contributed by atoms with Gasteiger partial charge in [-0.3, -0.25) is 4.90 Å². The lowest BCUT2D eigenvalue weighted by molar-refractivity contribution is -0.0642. The molecule has 1 aromatic carbocycles. The Labute approximate surface area is 111 Å². The van der Waals surface area contributed by atoms with E-state index in [2.05, 4.69) is 35.1 Å². The lowest BCUT2D eigenvalue weighted by Gasteiger charge is -2.42. The van der Waals surface area contributed by atoms with Crippen molar-refractivity contribution in [2.75, 3.05) is 20.2 Å². The van der Waals surface area contributed by atoms with Crippen molar-refractivity contribution in [3.05, 3.63) is 34.5 Å². The number of H-pyrrole nitrogens is 1. The Morgan fingerprint density at radius 3 is 3.22 bits per heavy atom. The van der Waals surface area contributed by atoms with Crippen LogP contribution in [-0.2, 0) is 11.2 Å². The topological polar surface area (TPSA) is 28.3 Å². The van der Waals surface area contributed by atoms with Gasteiger partial charge in [0, 0.05) is 23.5 Å². The minimum absolute atomic E-state index is 0.187. The molecule has 2 aliphatic rings. The molecule has 1 aromatic heterocycles. The van der Waals surface area contributed by atoms with Crippen LogP contribution < -0.4 is 0 Å². The average Bonchev–Trinajstić information content (AvgIpc) is 2.69. The second kappa shape index (κ2) is 3.73. The van der Waals surface area contributed by atoms with Gasteiger partial charge in [0.25, 0.3) is 0 Å². The highest BCUT2D eigenvalue weighted by atomic mass is 35.5. The molecular formula is C14H15ClN2O. The van der Waals surface area contributed by atoms with Crippen LogP contribution in [0.1, 0.15) is 17.2 Å². The highest BCUT2D eigenvalue weighted by Gasteiger charge is 2.37. The number of halogens is 1. The molecule has 3 nitrogen and oxygen atoms in total. The van der Waals surface area contributed by atoms with Crippen LogP contribution in [-0.4, -0.2) is 36.1 Å². The van der Waals surface area contributed by atoms with E-state index in [1.54, 1.807) is 0 Å². The molecule has 0 amide bonds. The summed E-state index contributed by atoms with van der Waals surface area (Å²) in [4.78, 5) is 5.66. The van der Waals surface area contributed by atoms with Crippen molar-refractivity contribution in [1.29, 1.82) is 0 Å². The molecule has 2 aromatic rings. The van der Waals surface area contributed by atoms with Crippen LogP contribution >= 0.6 is 11.6 Å². The molecule has 0 spiro atoms. The predicted molar refractivity (Wildman–Crippen MR) is 72.1 cm³/mol. The molecule has 4 rings (SSSR count). The van der Waals surface area contributed by atoms with Crippen molar-refractivity contribution in [3.8, 4) is 0 Å². The Morgan fingerprint density at radius 2 is 2.33 bits per heavy atom. The zero-order chi connectivity index (χ0) is 12.3. The highest BCUT2D eigenvalue weighted by molar-refractivity contribution is 6.31. The number of ether oxygens (including phenoxy) is 1. The Hall–Kier alpha value is -1.03. The van der Waals surface area contributed by atoms with Crippen LogP contribution in [0, 0.1) is 0 Å². The van der Waals surface area contributed by atoms with Gasteiger partial charge in [0.05, 0.1) is 12.7 Å². The number of nitrogens with zero attached hydrogens (tertiary/aromatic N) is 1. The molecule has 0 radical (unpaired) electrons. The number of morpholine rings is 1. The summed E-state index contributed by atoms with van der Waals surface area (Å²) in [6, 6.07) is 6.74. The van der Waals surface area contributed by atoms with E-state index in [4.69, 9.17) is 16.3 Å². The lowest BCUT2D eigenvalue weighted by Crippen LogP contribution is -2.47. The smallest absolute Gasteiger partial charge is 0.110 e. The van der Waals surface area contributed by atoms with Crippen LogP contribution in [0.15, 0.2) is 18.2 Å². The van der Waals surface area contributed by atoms with Crippen LogP contribution in [0.3, 0.4) is 0 Å². The van der Waals surface area contributed by atoms with Gasteiger partial charge >= 0.3 is 0 Å². The summed E-state index contributed by atoms with van der Waals surface area (Å²) in [7, 11) is 2.17. The summed E-state index contributed by atoms with van der Waals surface area (Å²) in [6.07, 6.45) is 1.16. The van der Waals surface area contributed by atoms with Gasteiger partial charge in [-0.1, -0.05) is 23.7 Å². The van der Waals surface area contributed by atoms with E-state index < -0.39 is 0 Å². The first-order valence-electron chi connectivity index (χ1n) is 6.36. The fraction of sp³-hybridized carbons (Fsp3) is 0.429. The maximum absolute atomic E-state index is 6.34. The fourth-order valence-electron chi connectivity index (χ4n) is 3.34. The van der Waals surface area contributed by atoms with Crippen molar-refractivity contribution >= 4 is 22.5 Å². The van der Waals surface area contributed by atoms with Crippen molar-refractivity contribution < 1.29 is 4.74 Å². The molecule has 1 aliphatic carbocycles. The largest absolute Gasteiger partial charge is 0.371 e. The van der Waals surface area contributed by atoms with Crippen molar-refractivity contribution in [3.63, 3.8) is 0 Å². The third-order valence-electron chi connectivity index (χ3n) is 4.28. The molecule has 0 saturated carbocycles. The van der Waals surface area contributed by atoms with E-state index in [0.29, 0.717) is 6.04 Å². The van der Waals surface area contributed by atoms with Crippen LogP contribution in [0.5, 0.6) is 0 Å². The molecule has 18 heavy (non-hydrogen) atoms. The average molecular weight is 263 g/mol. The molecule has 1 N–H and O–H groups in total. The fourth-order valence-corrected chi connectivity index (χ4v) is 3.62. The first-order valence-corrected chi connectivity index (χ1v) is 6.74. The van der Waals surface area contributed by atoms with Gasteiger partial charge in [-0.05, 0) is 30.7 Å². The molecule has 2 atom stereocenters. The van der Waals surface area contributed by atoms with Gasteiger partial charge < -0.3 is 9.72 Å². The quantitative estimate of drug-likeness (QED) is 0.791. The number of nitrogens with one attached hydrogen (secondary N) is 1. The lowest BCUT2D eigenvalue weighted by atomic mass is 9.85. The molecule has 1 saturated heterocycles. The van der Waals surface area contributed by atoms with Crippen molar-refractivity contribution in [1.82, 2.24) is 9.88 Å². The van der Waals surface area contributed by atoms with Gasteiger partial charge in [-0.25, -0.2) is 0 Å². The van der Waals surface area contributed by atoms with E-state index in [-0.39, 0.29) is 6.10 Å². The summed E-state index contributed by atoms with van der Waals surface area (Å²) >= 11 is 6.34. The van der Waals surface area contributed by atoms with Gasteiger partial charge in [-0.15, -0.1) is 0 Å². The summed E-state index contributed by atoms with van der Waals surface area (Å²) < 4.78 is 6.01. The summed E-state index contributed by atoms with van der Waals surface area (Å²) in [5, 5.41) is 2.06. The van der Waals surface area contributed by atoms with Crippen molar-refractivity contribution in [2.24, 2.45) is 0 Å². The molecule has 0 unspecified atom stereocenters. The minimum atomic E-state index is 0.187. The van der Waals surface area contributed by atoms with Gasteiger partial charge in [0.1, 0.15) is 5.15 Å². The zero-order valence-electron chi connectivity index (χ0n) is 10.2. The molecule has 0 bridgehead atoms. The Morgan fingerprint density at radius 1 is 1.44 bits per heavy atom. The van der Waals surface area contributed by atoms with Crippen molar-refractivity contribution in [2.45, 2.75) is 18.6 Å². The minimum Gasteiger partial charge on any atom is -0.371 e. The molecule has 94 valence electrons. The van der Waals surface area contributed by atoms with Gasteiger partial charge in [0.15, 0.2) is 0 Å². The van der Waals surface area contributed by atoms with Crippen LogP contribution in [0.4, 0.5) is 0 Å². The standard InChI is InChI=1S/C14H15ClN2O/c1-17-5-6-18-13-8-3-2-4-10-12(8)9(7-11(13)17)14(15)16-10/h2-4,11,13,16H,5-7H2,1H3/t11-,13-/m1/s1. The van der Waals surface area contributed by atoms with E-state index in [1.807, 2.05) is 0 Å².